The standard InChI is InChI=1S/C8H8N2O2S2/c11-6-3-1-5(2-4-6)7(12)9-10-8(13)14/h1-4,11H,(H,9,12)(H2,10,13,14). The van der Waals surface area contributed by atoms with Crippen LogP contribution in [0.5, 0.6) is 5.75 Å². The maximum absolute atomic E-state index is 11.3. The maximum atomic E-state index is 11.3. The predicted octanol–water partition coefficient (Wildman–Crippen LogP) is 0.841. The highest BCUT2D eigenvalue weighted by atomic mass is 32.1. The molecule has 0 radical (unpaired) electrons. The average molecular weight is 228 g/mol. The van der Waals surface area contributed by atoms with E-state index in [2.05, 4.69) is 35.7 Å². The third-order valence-corrected chi connectivity index (χ3v) is 1.63. The Labute approximate surface area is 91.7 Å². The fraction of sp³-hybridized carbons (Fsp3) is 0. The lowest BCUT2D eigenvalue weighted by atomic mass is 10.2. The second-order valence-corrected chi connectivity index (χ2v) is 3.59. The largest absolute Gasteiger partial charge is 0.508 e. The van der Waals surface area contributed by atoms with Crippen LogP contribution in [-0.2, 0) is 0 Å². The Morgan fingerprint density at radius 1 is 1.29 bits per heavy atom. The van der Waals surface area contributed by atoms with E-state index in [1.807, 2.05) is 0 Å². The number of phenolic OH excluding ortho intramolecular Hbond substituents is 1. The zero-order chi connectivity index (χ0) is 10.6. The first-order valence-corrected chi connectivity index (χ1v) is 4.53. The van der Waals surface area contributed by atoms with Gasteiger partial charge in [-0.1, -0.05) is 12.2 Å². The molecule has 0 saturated heterocycles. The number of hydrazine groups is 1. The molecule has 0 spiro atoms. The van der Waals surface area contributed by atoms with E-state index < -0.39 is 0 Å². The molecule has 74 valence electrons. The van der Waals surface area contributed by atoms with Gasteiger partial charge >= 0.3 is 0 Å². The molecular weight excluding hydrogens is 220 g/mol. The van der Waals surface area contributed by atoms with Crippen molar-refractivity contribution in [3.8, 4) is 5.75 Å². The molecule has 0 bridgehead atoms. The molecule has 0 saturated carbocycles. The first-order chi connectivity index (χ1) is 6.59. The monoisotopic (exact) mass is 228 g/mol. The number of rotatable bonds is 1. The first-order valence-electron chi connectivity index (χ1n) is 3.68. The number of aromatic hydroxyl groups is 1. The third-order valence-electron chi connectivity index (χ3n) is 1.41. The minimum Gasteiger partial charge on any atom is -0.508 e. The predicted molar refractivity (Wildman–Crippen MR) is 60.3 cm³/mol. The van der Waals surface area contributed by atoms with E-state index in [4.69, 9.17) is 5.11 Å². The van der Waals surface area contributed by atoms with Crippen LogP contribution in [0.2, 0.25) is 0 Å². The van der Waals surface area contributed by atoms with Gasteiger partial charge in [-0.3, -0.25) is 15.6 Å². The number of hydrogen-bond acceptors (Lipinski definition) is 3. The molecular formula is C8H8N2O2S2. The number of benzene rings is 1. The molecule has 0 atom stereocenters. The summed E-state index contributed by atoms with van der Waals surface area (Å²) < 4.78 is 0.178. The maximum Gasteiger partial charge on any atom is 0.269 e. The van der Waals surface area contributed by atoms with Crippen LogP contribution in [0.1, 0.15) is 10.4 Å². The van der Waals surface area contributed by atoms with Crippen LogP contribution in [0, 0.1) is 0 Å². The third kappa shape index (κ3) is 3.23. The molecule has 1 rings (SSSR count). The Bertz CT molecular complexity index is 351. The first kappa shape index (κ1) is 10.8. The second-order valence-electron chi connectivity index (χ2n) is 2.43. The van der Waals surface area contributed by atoms with Gasteiger partial charge in [0.2, 0.25) is 0 Å². The van der Waals surface area contributed by atoms with Crippen molar-refractivity contribution >= 4 is 35.1 Å². The number of thiocarbonyl (C=S) groups is 1. The lowest BCUT2D eigenvalue weighted by Crippen LogP contribution is -2.38. The van der Waals surface area contributed by atoms with E-state index in [1.165, 1.54) is 24.3 Å². The molecule has 14 heavy (non-hydrogen) atoms. The number of hydrogen-bond donors (Lipinski definition) is 4. The molecule has 0 heterocycles. The van der Waals surface area contributed by atoms with Crippen molar-refractivity contribution in [3.63, 3.8) is 0 Å². The number of carbonyl (C=O) groups is 1. The average Bonchev–Trinajstić information content (AvgIpc) is 2.15. The number of phenols is 1. The lowest BCUT2D eigenvalue weighted by Gasteiger charge is -2.05. The summed E-state index contributed by atoms with van der Waals surface area (Å²) in [5.74, 6) is -0.236. The van der Waals surface area contributed by atoms with Gasteiger partial charge in [-0.2, -0.15) is 0 Å². The Hall–Kier alpha value is -1.27. The van der Waals surface area contributed by atoms with E-state index in [9.17, 15) is 4.79 Å². The van der Waals surface area contributed by atoms with Crippen molar-refractivity contribution in [1.29, 1.82) is 0 Å². The zero-order valence-corrected chi connectivity index (χ0v) is 8.73. The summed E-state index contributed by atoms with van der Waals surface area (Å²) in [5, 5.41) is 8.98. The van der Waals surface area contributed by atoms with E-state index in [0.29, 0.717) is 5.56 Å². The van der Waals surface area contributed by atoms with Crippen molar-refractivity contribution in [2.75, 3.05) is 0 Å². The number of amides is 1. The van der Waals surface area contributed by atoms with E-state index in [1.54, 1.807) is 0 Å². The quantitative estimate of drug-likeness (QED) is 0.327. The zero-order valence-electron chi connectivity index (χ0n) is 7.02. The van der Waals surface area contributed by atoms with Crippen LogP contribution in [0.25, 0.3) is 0 Å². The van der Waals surface area contributed by atoms with Crippen LogP contribution in [-0.4, -0.2) is 15.3 Å². The van der Waals surface area contributed by atoms with Crippen LogP contribution in [0.15, 0.2) is 24.3 Å². The molecule has 6 heteroatoms. The van der Waals surface area contributed by atoms with Gasteiger partial charge < -0.3 is 5.11 Å². The Balaban J connectivity index is 2.61. The second kappa shape index (κ2) is 4.83. The van der Waals surface area contributed by atoms with Gasteiger partial charge in [-0.25, -0.2) is 0 Å². The van der Waals surface area contributed by atoms with E-state index in [-0.39, 0.29) is 16.0 Å². The summed E-state index contributed by atoms with van der Waals surface area (Å²) in [6.45, 7) is 0. The minimum atomic E-state index is -0.346. The summed E-state index contributed by atoms with van der Waals surface area (Å²) in [6.07, 6.45) is 0. The van der Waals surface area contributed by atoms with Crippen molar-refractivity contribution < 1.29 is 9.90 Å². The highest BCUT2D eigenvalue weighted by molar-refractivity contribution is 8.11. The van der Waals surface area contributed by atoms with E-state index in [0.717, 1.165) is 0 Å². The molecule has 1 amide bonds. The molecule has 0 aliphatic heterocycles. The Morgan fingerprint density at radius 3 is 2.36 bits per heavy atom. The SMILES string of the molecule is O=C(NNC(=S)S)c1ccc(O)cc1. The fourth-order valence-electron chi connectivity index (χ4n) is 0.795. The molecule has 0 aromatic heterocycles. The highest BCUT2D eigenvalue weighted by Gasteiger charge is 2.03. The van der Waals surface area contributed by atoms with Gasteiger partial charge in [-0.15, -0.1) is 12.6 Å². The summed E-state index contributed by atoms with van der Waals surface area (Å²) in [6, 6.07) is 5.84. The van der Waals surface area contributed by atoms with Crippen LogP contribution in [0.3, 0.4) is 0 Å². The minimum absolute atomic E-state index is 0.110. The van der Waals surface area contributed by atoms with Gasteiger partial charge in [0.15, 0.2) is 0 Å². The smallest absolute Gasteiger partial charge is 0.269 e. The van der Waals surface area contributed by atoms with Gasteiger partial charge in [0, 0.05) is 5.56 Å². The van der Waals surface area contributed by atoms with Crippen molar-refractivity contribution in [1.82, 2.24) is 10.9 Å². The highest BCUT2D eigenvalue weighted by Crippen LogP contribution is 2.08. The van der Waals surface area contributed by atoms with Crippen LogP contribution < -0.4 is 10.9 Å². The van der Waals surface area contributed by atoms with E-state index >= 15 is 0 Å². The fourth-order valence-corrected chi connectivity index (χ4v) is 0.902. The van der Waals surface area contributed by atoms with Gasteiger partial charge in [-0.05, 0) is 24.3 Å². The van der Waals surface area contributed by atoms with Crippen molar-refractivity contribution in [3.05, 3.63) is 29.8 Å². The Morgan fingerprint density at radius 2 is 1.86 bits per heavy atom. The molecule has 3 N–H and O–H groups in total. The van der Waals surface area contributed by atoms with Gasteiger partial charge in [0.1, 0.15) is 10.1 Å². The molecule has 0 fully saturated rings. The lowest BCUT2D eigenvalue weighted by molar-refractivity contribution is 0.0944. The molecule has 0 aliphatic rings. The van der Waals surface area contributed by atoms with Crippen molar-refractivity contribution in [2.24, 2.45) is 0 Å². The molecule has 1 aromatic carbocycles. The topological polar surface area (TPSA) is 61.4 Å². The van der Waals surface area contributed by atoms with Gasteiger partial charge in [0.25, 0.3) is 5.91 Å². The summed E-state index contributed by atoms with van der Waals surface area (Å²) in [4.78, 5) is 11.3. The normalized spacial score (nSPS) is 9.21. The molecule has 1 aromatic rings. The van der Waals surface area contributed by atoms with Crippen LogP contribution in [0.4, 0.5) is 0 Å². The summed E-state index contributed by atoms with van der Waals surface area (Å²) >= 11 is 8.35. The summed E-state index contributed by atoms with van der Waals surface area (Å²) in [7, 11) is 0. The number of thiol groups is 1. The molecule has 0 aliphatic carbocycles. The van der Waals surface area contributed by atoms with Gasteiger partial charge in [0.05, 0.1) is 0 Å². The number of carbonyl (C=O) groups excluding carboxylic acids is 1. The Kier molecular flexibility index (Phi) is 3.73. The molecule has 4 nitrogen and oxygen atoms in total. The summed E-state index contributed by atoms with van der Waals surface area (Å²) in [5.41, 5.74) is 5.14. The number of nitrogens with one attached hydrogen (secondary N) is 2. The molecule has 0 unspecified atom stereocenters. The van der Waals surface area contributed by atoms with Crippen LogP contribution >= 0.6 is 24.8 Å². The van der Waals surface area contributed by atoms with Crippen molar-refractivity contribution in [2.45, 2.75) is 0 Å².